The fraction of sp³-hybridized carbons (Fsp3) is 0.500. The number of hydrogen-bond acceptors (Lipinski definition) is 4. The topological polar surface area (TPSA) is 64.1 Å². The number of carbonyl (C=O) groups is 1. The van der Waals surface area contributed by atoms with Crippen molar-refractivity contribution < 1.29 is 22.7 Å². The molecule has 3 rings (SSSR count). The molecule has 1 aliphatic rings. The number of hydrogen-bond donors (Lipinski definition) is 1. The van der Waals surface area contributed by atoms with Crippen molar-refractivity contribution in [1.82, 2.24) is 15.3 Å². The number of ether oxygens (including phenoxy) is 1. The average molecular weight is 421 g/mol. The second-order valence-electron chi connectivity index (χ2n) is 8.59. The average Bonchev–Trinajstić information content (AvgIpc) is 2.64. The molecule has 1 N–H and O–H groups in total. The maximum atomic E-state index is 13.1. The first-order chi connectivity index (χ1) is 13.9. The Bertz CT molecular complexity index is 919. The third-order valence-electron chi connectivity index (χ3n) is 4.99. The molecular formula is C22H26F3N3O2. The van der Waals surface area contributed by atoms with Gasteiger partial charge in [-0.3, -0.25) is 0 Å². The monoisotopic (exact) mass is 421 g/mol. The number of alkyl halides is 3. The van der Waals surface area contributed by atoms with E-state index in [0.29, 0.717) is 35.7 Å². The van der Waals surface area contributed by atoms with Crippen LogP contribution in [0.2, 0.25) is 0 Å². The van der Waals surface area contributed by atoms with Gasteiger partial charge in [-0.15, -0.1) is 0 Å². The van der Waals surface area contributed by atoms with Gasteiger partial charge in [-0.1, -0.05) is 24.3 Å². The highest BCUT2D eigenvalue weighted by Gasteiger charge is 2.42. The lowest BCUT2D eigenvalue weighted by Gasteiger charge is -2.27. The second kappa shape index (κ2) is 8.24. The van der Waals surface area contributed by atoms with Gasteiger partial charge >= 0.3 is 12.3 Å². The van der Waals surface area contributed by atoms with Crippen molar-refractivity contribution in [3.63, 3.8) is 0 Å². The number of aromatic nitrogens is 2. The van der Waals surface area contributed by atoms with Crippen LogP contribution in [0.1, 0.15) is 49.7 Å². The molecule has 1 unspecified atom stereocenters. The molecule has 2 aromatic rings. The van der Waals surface area contributed by atoms with E-state index in [1.807, 2.05) is 24.3 Å². The molecule has 1 atom stereocenters. The van der Waals surface area contributed by atoms with Gasteiger partial charge in [-0.2, -0.15) is 13.2 Å². The normalized spacial score (nSPS) is 16.7. The second-order valence-corrected chi connectivity index (χ2v) is 8.59. The molecule has 1 aromatic carbocycles. The molecule has 0 saturated heterocycles. The summed E-state index contributed by atoms with van der Waals surface area (Å²) in [6.45, 7) is 7.45. The summed E-state index contributed by atoms with van der Waals surface area (Å²) in [5.41, 5.74) is 3.02. The first-order valence-corrected chi connectivity index (χ1v) is 9.91. The summed E-state index contributed by atoms with van der Waals surface area (Å²) in [5.74, 6) is -0.821. The van der Waals surface area contributed by atoms with Crippen LogP contribution in [0.4, 0.5) is 18.0 Å². The van der Waals surface area contributed by atoms with E-state index in [1.54, 1.807) is 27.7 Å². The van der Waals surface area contributed by atoms with Crippen LogP contribution in [-0.4, -0.2) is 27.8 Å². The first-order valence-electron chi connectivity index (χ1n) is 9.91. The van der Waals surface area contributed by atoms with E-state index in [-0.39, 0.29) is 12.8 Å². The number of benzene rings is 1. The van der Waals surface area contributed by atoms with Gasteiger partial charge in [-0.25, -0.2) is 14.8 Å². The summed E-state index contributed by atoms with van der Waals surface area (Å²) in [7, 11) is 0. The van der Waals surface area contributed by atoms with E-state index in [2.05, 4.69) is 15.3 Å². The third-order valence-corrected chi connectivity index (χ3v) is 4.99. The molecule has 1 amide bonds. The summed E-state index contributed by atoms with van der Waals surface area (Å²) < 4.78 is 44.4. The van der Waals surface area contributed by atoms with E-state index in [0.717, 1.165) is 11.1 Å². The van der Waals surface area contributed by atoms with Crippen molar-refractivity contribution in [2.75, 3.05) is 0 Å². The summed E-state index contributed by atoms with van der Waals surface area (Å²) in [6.07, 6.45) is -4.38. The van der Waals surface area contributed by atoms with Crippen molar-refractivity contribution in [2.45, 2.75) is 65.3 Å². The number of carbonyl (C=O) groups excluding carboxylic acids is 1. The zero-order valence-corrected chi connectivity index (χ0v) is 17.6. The van der Waals surface area contributed by atoms with E-state index in [4.69, 9.17) is 4.74 Å². The van der Waals surface area contributed by atoms with Crippen LogP contribution in [0.3, 0.4) is 0 Å². The number of aryl methyl sites for hydroxylation is 2. The summed E-state index contributed by atoms with van der Waals surface area (Å²) in [6, 6.07) is 7.39. The summed E-state index contributed by atoms with van der Waals surface area (Å²) in [5, 5.41) is 2.70. The largest absolute Gasteiger partial charge is 0.444 e. The van der Waals surface area contributed by atoms with Crippen LogP contribution in [0.15, 0.2) is 24.3 Å². The van der Waals surface area contributed by atoms with Crippen LogP contribution < -0.4 is 5.32 Å². The van der Waals surface area contributed by atoms with Crippen LogP contribution in [0, 0.1) is 12.8 Å². The Morgan fingerprint density at radius 1 is 1.17 bits per heavy atom. The standard InChI is InChI=1S/C22H26F3N3O2/c1-13-17-11-16(22(23,24)25)9-10-18(17)28-19(27-13)15-7-5-14(6-8-15)12-26-20(29)30-21(2,3)4/h5-8,16H,9-12H2,1-4H3,(H,26,29). The fourth-order valence-corrected chi connectivity index (χ4v) is 3.46. The van der Waals surface area contributed by atoms with Gasteiger partial charge in [0, 0.05) is 23.5 Å². The van der Waals surface area contributed by atoms with E-state index < -0.39 is 23.8 Å². The molecule has 1 heterocycles. The van der Waals surface area contributed by atoms with Crippen molar-refractivity contribution in [2.24, 2.45) is 5.92 Å². The smallest absolute Gasteiger partial charge is 0.407 e. The number of alkyl carbamates (subject to hydrolysis) is 1. The van der Waals surface area contributed by atoms with Gasteiger partial charge in [0.25, 0.3) is 0 Å². The number of nitrogens with zero attached hydrogens (tertiary/aromatic N) is 2. The SMILES string of the molecule is Cc1nc(-c2ccc(CNC(=O)OC(C)(C)C)cc2)nc2c1CC(C(F)(F)F)CC2. The first kappa shape index (κ1) is 22.1. The predicted molar refractivity (Wildman–Crippen MR) is 107 cm³/mol. The molecule has 0 saturated carbocycles. The highest BCUT2D eigenvalue weighted by atomic mass is 19.4. The lowest BCUT2D eigenvalue weighted by molar-refractivity contribution is -0.177. The lowest BCUT2D eigenvalue weighted by atomic mass is 9.85. The van der Waals surface area contributed by atoms with Crippen LogP contribution in [0.5, 0.6) is 0 Å². The van der Waals surface area contributed by atoms with Gasteiger partial charge in [0.05, 0.1) is 5.92 Å². The van der Waals surface area contributed by atoms with Crippen molar-refractivity contribution >= 4 is 6.09 Å². The fourth-order valence-electron chi connectivity index (χ4n) is 3.46. The number of halogens is 3. The van der Waals surface area contributed by atoms with Gasteiger partial charge in [0.1, 0.15) is 5.60 Å². The minimum absolute atomic E-state index is 0.0553. The molecule has 0 aliphatic heterocycles. The Kier molecular flexibility index (Phi) is 6.06. The summed E-state index contributed by atoms with van der Waals surface area (Å²) in [4.78, 5) is 20.7. The predicted octanol–water partition coefficient (Wildman–Crippen LogP) is 5.14. The maximum absolute atomic E-state index is 13.1. The van der Waals surface area contributed by atoms with Crippen molar-refractivity contribution in [3.8, 4) is 11.4 Å². The Hall–Kier alpha value is -2.64. The Morgan fingerprint density at radius 3 is 2.43 bits per heavy atom. The van der Waals surface area contributed by atoms with Crippen LogP contribution in [0.25, 0.3) is 11.4 Å². The quantitative estimate of drug-likeness (QED) is 0.745. The Labute approximate surface area is 174 Å². The molecular weight excluding hydrogens is 395 g/mol. The van der Waals surface area contributed by atoms with Crippen molar-refractivity contribution in [1.29, 1.82) is 0 Å². The highest BCUT2D eigenvalue weighted by molar-refractivity contribution is 5.67. The van der Waals surface area contributed by atoms with Crippen molar-refractivity contribution in [3.05, 3.63) is 46.8 Å². The third kappa shape index (κ3) is 5.49. The van der Waals surface area contributed by atoms with E-state index in [9.17, 15) is 18.0 Å². The minimum Gasteiger partial charge on any atom is -0.444 e. The molecule has 1 aliphatic carbocycles. The van der Waals surface area contributed by atoms with Gasteiger partial charge in [0.2, 0.25) is 0 Å². The molecule has 30 heavy (non-hydrogen) atoms. The molecule has 0 fully saturated rings. The molecule has 0 radical (unpaired) electrons. The van der Waals surface area contributed by atoms with Gasteiger partial charge in [-0.05, 0) is 58.1 Å². The van der Waals surface area contributed by atoms with Crippen LogP contribution in [-0.2, 0) is 24.1 Å². The molecule has 8 heteroatoms. The van der Waals surface area contributed by atoms with Gasteiger partial charge < -0.3 is 10.1 Å². The van der Waals surface area contributed by atoms with Gasteiger partial charge in [0.15, 0.2) is 5.82 Å². The number of nitrogens with one attached hydrogen (secondary N) is 1. The van der Waals surface area contributed by atoms with E-state index >= 15 is 0 Å². The van der Waals surface area contributed by atoms with E-state index in [1.165, 1.54) is 0 Å². The zero-order chi connectivity index (χ0) is 22.1. The highest BCUT2D eigenvalue weighted by Crippen LogP contribution is 2.37. The molecule has 0 spiro atoms. The Balaban J connectivity index is 1.70. The zero-order valence-electron chi connectivity index (χ0n) is 17.6. The van der Waals surface area contributed by atoms with Crippen LogP contribution >= 0.6 is 0 Å². The Morgan fingerprint density at radius 2 is 1.83 bits per heavy atom. The molecule has 162 valence electrons. The number of fused-ring (bicyclic) bond motifs is 1. The number of rotatable bonds is 3. The molecule has 5 nitrogen and oxygen atoms in total. The molecule has 0 bridgehead atoms. The summed E-state index contributed by atoms with van der Waals surface area (Å²) >= 11 is 0. The minimum atomic E-state index is -4.19. The molecule has 1 aromatic heterocycles. The lowest BCUT2D eigenvalue weighted by Crippen LogP contribution is -2.32. The number of amides is 1. The maximum Gasteiger partial charge on any atom is 0.407 e.